The lowest BCUT2D eigenvalue weighted by Crippen LogP contribution is -2.37. The second-order valence-corrected chi connectivity index (χ2v) is 13.6. The molecule has 0 spiro atoms. The van der Waals surface area contributed by atoms with Crippen molar-refractivity contribution >= 4 is 10.1 Å². The van der Waals surface area contributed by atoms with Gasteiger partial charge in [-0.2, -0.15) is 8.42 Å². The van der Waals surface area contributed by atoms with Gasteiger partial charge in [0.05, 0.1) is 11.5 Å². The van der Waals surface area contributed by atoms with Crippen LogP contribution in [0.25, 0.3) is 0 Å². The number of aryl methyl sites for hydroxylation is 1. The Labute approximate surface area is 213 Å². The van der Waals surface area contributed by atoms with E-state index < -0.39 is 10.1 Å². The van der Waals surface area contributed by atoms with Crippen LogP contribution in [0, 0.1) is 41.9 Å². The van der Waals surface area contributed by atoms with Crippen LogP contribution in [-0.4, -0.2) is 15.0 Å². The smallest absolute Gasteiger partial charge is 0.266 e. The number of benzene rings is 1. The summed E-state index contributed by atoms with van der Waals surface area (Å²) in [6, 6.07) is 6.91. The Morgan fingerprint density at radius 2 is 1.89 bits per heavy atom. The fraction of sp³-hybridized carbons (Fsp3) is 0.613. The van der Waals surface area contributed by atoms with E-state index >= 15 is 0 Å². The molecule has 3 aliphatic rings. The first kappa shape index (κ1) is 26.4. The molecule has 192 valence electrons. The highest BCUT2D eigenvalue weighted by Gasteiger charge is 2.50. The Kier molecular flexibility index (Phi) is 7.83. The molecule has 1 aromatic carbocycles. The molecule has 6 atom stereocenters. The van der Waals surface area contributed by atoms with Crippen molar-refractivity contribution in [3.8, 4) is 0 Å². The predicted molar refractivity (Wildman–Crippen MR) is 145 cm³/mol. The standard InChI is InChI=1S/C31H44O3S/c1-21-9-13-28(14-10-21)35(32,33)34-20-24(4)29-15-16-30-26(8-7-17-31(29,30)6)11-12-27-19-22(2)18-23(3)25(27)5/h9-14,22-24,29-30H,5,7-8,15-20H2,1-4,6H3/b26-11+,27-12-/t22-,23-,24?,29+,30-,31+/m0/s1. The van der Waals surface area contributed by atoms with Gasteiger partial charge in [-0.15, -0.1) is 0 Å². The summed E-state index contributed by atoms with van der Waals surface area (Å²) in [6.07, 6.45) is 13.1. The van der Waals surface area contributed by atoms with Crippen LogP contribution < -0.4 is 0 Å². The fourth-order valence-electron chi connectivity index (χ4n) is 7.34. The van der Waals surface area contributed by atoms with Gasteiger partial charge in [0.1, 0.15) is 0 Å². The maximum Gasteiger partial charge on any atom is 0.296 e. The van der Waals surface area contributed by atoms with E-state index in [0.29, 0.717) is 17.8 Å². The van der Waals surface area contributed by atoms with Gasteiger partial charge < -0.3 is 0 Å². The van der Waals surface area contributed by atoms with Crippen molar-refractivity contribution in [3.63, 3.8) is 0 Å². The van der Waals surface area contributed by atoms with Crippen molar-refractivity contribution in [2.75, 3.05) is 6.61 Å². The van der Waals surface area contributed by atoms with Crippen LogP contribution in [0.3, 0.4) is 0 Å². The minimum atomic E-state index is -3.72. The summed E-state index contributed by atoms with van der Waals surface area (Å²) in [5, 5.41) is 0. The zero-order valence-corrected chi connectivity index (χ0v) is 23.2. The van der Waals surface area contributed by atoms with E-state index in [-0.39, 0.29) is 22.8 Å². The molecule has 0 aromatic heterocycles. The lowest BCUT2D eigenvalue weighted by atomic mass is 9.61. The molecule has 0 aliphatic heterocycles. The Balaban J connectivity index is 1.45. The van der Waals surface area contributed by atoms with Gasteiger partial charge in [-0.3, -0.25) is 4.18 Å². The molecule has 4 heteroatoms. The van der Waals surface area contributed by atoms with Crippen molar-refractivity contribution in [3.05, 3.63) is 65.3 Å². The van der Waals surface area contributed by atoms with E-state index in [1.54, 1.807) is 17.7 Å². The van der Waals surface area contributed by atoms with E-state index in [1.807, 2.05) is 19.1 Å². The van der Waals surface area contributed by atoms with E-state index in [4.69, 9.17) is 4.18 Å². The van der Waals surface area contributed by atoms with Gasteiger partial charge in [0.25, 0.3) is 10.1 Å². The molecular formula is C31H44O3S. The van der Waals surface area contributed by atoms with Crippen LogP contribution in [-0.2, 0) is 14.3 Å². The molecule has 1 aromatic rings. The molecule has 3 saturated carbocycles. The van der Waals surface area contributed by atoms with E-state index in [9.17, 15) is 8.42 Å². The molecule has 35 heavy (non-hydrogen) atoms. The zero-order chi connectivity index (χ0) is 25.4. The lowest BCUT2D eigenvalue weighted by Gasteiger charge is -2.44. The number of hydrogen-bond acceptors (Lipinski definition) is 3. The Morgan fingerprint density at radius 1 is 1.17 bits per heavy atom. The summed E-state index contributed by atoms with van der Waals surface area (Å²) in [6.45, 7) is 15.9. The molecule has 3 aliphatic carbocycles. The Hall–Kier alpha value is -1.65. The zero-order valence-electron chi connectivity index (χ0n) is 22.3. The van der Waals surface area contributed by atoms with Crippen LogP contribution >= 0.6 is 0 Å². The molecule has 0 N–H and O–H groups in total. The molecule has 0 radical (unpaired) electrons. The van der Waals surface area contributed by atoms with Gasteiger partial charge in [0, 0.05) is 0 Å². The average Bonchev–Trinajstić information content (AvgIpc) is 3.17. The fourth-order valence-corrected chi connectivity index (χ4v) is 8.33. The molecule has 1 unspecified atom stereocenters. The van der Waals surface area contributed by atoms with Gasteiger partial charge >= 0.3 is 0 Å². The van der Waals surface area contributed by atoms with Crippen molar-refractivity contribution in [1.29, 1.82) is 0 Å². The third kappa shape index (κ3) is 5.54. The SMILES string of the molecule is C=C1/C(=C\C=C2/CCC[C@]3(C)[C@@H](C(C)COS(=O)(=O)c4ccc(C)cc4)CC[C@@H]23)C[C@@H](C)C[C@@H]1C. The molecular weight excluding hydrogens is 452 g/mol. The van der Waals surface area contributed by atoms with Crippen LogP contribution in [0.5, 0.6) is 0 Å². The summed E-state index contributed by atoms with van der Waals surface area (Å²) < 4.78 is 31.1. The molecule has 3 fully saturated rings. The van der Waals surface area contributed by atoms with Crippen LogP contribution in [0.15, 0.2) is 64.6 Å². The number of rotatable bonds is 6. The minimum absolute atomic E-state index is 0.197. The summed E-state index contributed by atoms with van der Waals surface area (Å²) >= 11 is 0. The lowest BCUT2D eigenvalue weighted by molar-refractivity contribution is 0.0760. The van der Waals surface area contributed by atoms with Gasteiger partial charge in [0.2, 0.25) is 0 Å². The van der Waals surface area contributed by atoms with E-state index in [0.717, 1.165) is 24.3 Å². The molecule has 0 saturated heterocycles. The van der Waals surface area contributed by atoms with Gasteiger partial charge in [-0.1, -0.05) is 69.7 Å². The van der Waals surface area contributed by atoms with Crippen molar-refractivity contribution in [1.82, 2.24) is 0 Å². The first-order chi connectivity index (χ1) is 16.5. The van der Waals surface area contributed by atoms with Crippen LogP contribution in [0.1, 0.15) is 78.2 Å². The number of hydrogen-bond donors (Lipinski definition) is 0. The quantitative estimate of drug-likeness (QED) is 0.374. The summed E-state index contributed by atoms with van der Waals surface area (Å²) in [4.78, 5) is 0.245. The predicted octanol–water partition coefficient (Wildman–Crippen LogP) is 8.03. The van der Waals surface area contributed by atoms with Gasteiger partial charge in [-0.25, -0.2) is 0 Å². The highest BCUT2D eigenvalue weighted by atomic mass is 32.2. The van der Waals surface area contributed by atoms with Gasteiger partial charge in [-0.05, 0) is 110 Å². The monoisotopic (exact) mass is 496 g/mol. The Bertz CT molecular complexity index is 1090. The third-order valence-corrected chi connectivity index (χ3v) is 10.6. The maximum atomic E-state index is 12.7. The van der Waals surface area contributed by atoms with E-state index in [1.165, 1.54) is 43.3 Å². The summed E-state index contributed by atoms with van der Waals surface area (Å²) in [5.74, 6) is 2.56. The Morgan fingerprint density at radius 3 is 2.60 bits per heavy atom. The van der Waals surface area contributed by atoms with E-state index in [2.05, 4.69) is 46.4 Å². The number of allylic oxidation sites excluding steroid dienone is 5. The van der Waals surface area contributed by atoms with Crippen molar-refractivity contribution in [2.45, 2.75) is 84.5 Å². The van der Waals surface area contributed by atoms with Crippen molar-refractivity contribution in [2.24, 2.45) is 35.0 Å². The molecule has 0 amide bonds. The second kappa shape index (κ2) is 10.4. The number of fused-ring (bicyclic) bond motifs is 1. The second-order valence-electron chi connectivity index (χ2n) is 12.0. The van der Waals surface area contributed by atoms with Crippen molar-refractivity contribution < 1.29 is 12.6 Å². The summed E-state index contributed by atoms with van der Waals surface area (Å²) in [7, 11) is -3.72. The largest absolute Gasteiger partial charge is 0.296 e. The molecule has 4 rings (SSSR count). The third-order valence-electron chi connectivity index (χ3n) is 9.35. The maximum absolute atomic E-state index is 12.7. The molecule has 0 heterocycles. The molecule has 0 bridgehead atoms. The van der Waals surface area contributed by atoms with Crippen LogP contribution in [0.2, 0.25) is 0 Å². The average molecular weight is 497 g/mol. The highest BCUT2D eigenvalue weighted by Crippen LogP contribution is 2.59. The first-order valence-electron chi connectivity index (χ1n) is 13.6. The normalized spacial score (nSPS) is 34.8. The molecule has 3 nitrogen and oxygen atoms in total. The minimum Gasteiger partial charge on any atom is -0.266 e. The van der Waals surface area contributed by atoms with Gasteiger partial charge in [0.15, 0.2) is 0 Å². The first-order valence-corrected chi connectivity index (χ1v) is 15.0. The topological polar surface area (TPSA) is 43.4 Å². The summed E-state index contributed by atoms with van der Waals surface area (Å²) in [5.41, 5.74) is 5.60. The highest BCUT2D eigenvalue weighted by molar-refractivity contribution is 7.86. The van der Waals surface area contributed by atoms with Crippen LogP contribution in [0.4, 0.5) is 0 Å².